The molecule has 0 saturated carbocycles. The lowest BCUT2D eigenvalue weighted by Gasteiger charge is -2.26. The molecule has 1 aliphatic carbocycles. The maximum Gasteiger partial charge on any atom is 0.263 e. The number of alkyl halides is 2. The molecule has 2 aromatic rings. The third-order valence-electron chi connectivity index (χ3n) is 5.05. The number of halogens is 2. The van der Waals surface area contributed by atoms with Crippen molar-refractivity contribution in [3.8, 4) is 6.07 Å². The zero-order valence-corrected chi connectivity index (χ0v) is 13.6. The predicted octanol–water partition coefficient (Wildman–Crippen LogP) is 5.44. The number of benzene rings is 1. The molecule has 1 aromatic carbocycles. The summed E-state index contributed by atoms with van der Waals surface area (Å²) in [5.41, 5.74) is 4.16. The average Bonchev–Trinajstić information content (AvgIpc) is 2.85. The Morgan fingerprint density at radius 1 is 1.25 bits per heavy atom. The first kappa shape index (κ1) is 16.3. The Balaban J connectivity index is 2.02. The van der Waals surface area contributed by atoms with Crippen LogP contribution in [0.1, 0.15) is 59.9 Å². The highest BCUT2D eigenvalue weighted by molar-refractivity contribution is 5.74. The molecule has 1 aromatic heterocycles. The number of pyridine rings is 1. The summed E-state index contributed by atoms with van der Waals surface area (Å²) in [6.07, 6.45) is 1.01. The number of hydrogen-bond donors (Lipinski definition) is 0. The van der Waals surface area contributed by atoms with E-state index in [1.54, 1.807) is 12.3 Å². The Morgan fingerprint density at radius 2 is 1.96 bits per heavy atom. The molecule has 0 amide bonds. The van der Waals surface area contributed by atoms with Crippen LogP contribution in [0.15, 0.2) is 43.2 Å². The highest BCUT2D eigenvalue weighted by atomic mass is 19.3. The maximum atomic E-state index is 13.1. The average molecular weight is 324 g/mol. The largest absolute Gasteiger partial charge is 0.264 e. The van der Waals surface area contributed by atoms with Gasteiger partial charge in [-0.1, -0.05) is 20.4 Å². The standard InChI is InChI=1S/C20H18F2N2/c1-11(15-6-14(9-23)7-16(8-15)20(21)22)19-12(2)17-4-5-24-10-18(17)13(19)3/h4-8,10-11,13,19-20H,2H2,1,3H3. The first-order chi connectivity index (χ1) is 11.4. The Labute approximate surface area is 140 Å². The van der Waals surface area contributed by atoms with E-state index in [1.165, 1.54) is 12.1 Å². The zero-order valence-electron chi connectivity index (χ0n) is 13.6. The number of allylic oxidation sites excluding steroid dienone is 1. The van der Waals surface area contributed by atoms with E-state index in [1.807, 2.05) is 25.3 Å². The van der Waals surface area contributed by atoms with E-state index in [9.17, 15) is 8.78 Å². The fourth-order valence-corrected chi connectivity index (χ4v) is 3.81. The van der Waals surface area contributed by atoms with Crippen molar-refractivity contribution in [3.05, 3.63) is 71.1 Å². The van der Waals surface area contributed by atoms with E-state index in [4.69, 9.17) is 5.26 Å². The fourth-order valence-electron chi connectivity index (χ4n) is 3.81. The number of nitriles is 1. The van der Waals surface area contributed by atoms with Gasteiger partial charge in [-0.2, -0.15) is 5.26 Å². The number of fused-ring (bicyclic) bond motifs is 1. The summed E-state index contributed by atoms with van der Waals surface area (Å²) in [5, 5.41) is 9.14. The van der Waals surface area contributed by atoms with Gasteiger partial charge < -0.3 is 0 Å². The lowest BCUT2D eigenvalue weighted by Crippen LogP contribution is -2.13. The highest BCUT2D eigenvalue weighted by Gasteiger charge is 2.36. The summed E-state index contributed by atoms with van der Waals surface area (Å²) in [5.74, 6) is 0.284. The second-order valence-corrected chi connectivity index (χ2v) is 6.39. The Kier molecular flexibility index (Phi) is 4.19. The Bertz CT molecular complexity index is 836. The van der Waals surface area contributed by atoms with Crippen molar-refractivity contribution in [2.75, 3.05) is 0 Å². The third-order valence-corrected chi connectivity index (χ3v) is 5.05. The minimum absolute atomic E-state index is 0.0225. The smallest absolute Gasteiger partial charge is 0.263 e. The van der Waals surface area contributed by atoms with E-state index < -0.39 is 6.43 Å². The van der Waals surface area contributed by atoms with Crippen LogP contribution < -0.4 is 0 Å². The Morgan fingerprint density at radius 3 is 2.58 bits per heavy atom. The Hall–Kier alpha value is -2.54. The molecule has 1 aliphatic rings. The molecule has 0 fully saturated rings. The number of rotatable bonds is 3. The molecule has 3 rings (SSSR count). The van der Waals surface area contributed by atoms with Gasteiger partial charge in [0.05, 0.1) is 11.6 Å². The van der Waals surface area contributed by atoms with Gasteiger partial charge in [0.2, 0.25) is 0 Å². The van der Waals surface area contributed by atoms with Crippen molar-refractivity contribution in [3.63, 3.8) is 0 Å². The van der Waals surface area contributed by atoms with Gasteiger partial charge in [-0.15, -0.1) is 0 Å². The molecular formula is C20H18F2N2. The minimum atomic E-state index is -2.59. The van der Waals surface area contributed by atoms with E-state index in [0.717, 1.165) is 22.3 Å². The SMILES string of the molecule is C=C1c2ccncc2C(C)C1C(C)c1cc(C#N)cc(C(F)F)c1. The van der Waals surface area contributed by atoms with Crippen molar-refractivity contribution in [2.24, 2.45) is 5.92 Å². The van der Waals surface area contributed by atoms with E-state index >= 15 is 0 Å². The van der Waals surface area contributed by atoms with Crippen molar-refractivity contribution < 1.29 is 8.78 Å². The lowest BCUT2D eigenvalue weighted by atomic mass is 9.78. The molecule has 2 nitrogen and oxygen atoms in total. The molecule has 0 aliphatic heterocycles. The number of aromatic nitrogens is 1. The molecule has 3 atom stereocenters. The van der Waals surface area contributed by atoms with Gasteiger partial charge in [-0.05, 0) is 64.3 Å². The van der Waals surface area contributed by atoms with Crippen LogP contribution in [0.4, 0.5) is 8.78 Å². The topological polar surface area (TPSA) is 36.7 Å². The van der Waals surface area contributed by atoms with Gasteiger partial charge in [0.15, 0.2) is 0 Å². The summed E-state index contributed by atoms with van der Waals surface area (Å²) in [6.45, 7) is 8.36. The van der Waals surface area contributed by atoms with Crippen LogP contribution >= 0.6 is 0 Å². The predicted molar refractivity (Wildman–Crippen MR) is 89.7 cm³/mol. The molecule has 122 valence electrons. The van der Waals surface area contributed by atoms with Crippen LogP contribution in [0.3, 0.4) is 0 Å². The van der Waals surface area contributed by atoms with Crippen LogP contribution in [-0.2, 0) is 0 Å². The first-order valence-electron chi connectivity index (χ1n) is 7.90. The van der Waals surface area contributed by atoms with Crippen molar-refractivity contribution in [2.45, 2.75) is 32.1 Å². The van der Waals surface area contributed by atoms with Crippen LogP contribution in [-0.4, -0.2) is 4.98 Å². The van der Waals surface area contributed by atoms with Gasteiger partial charge >= 0.3 is 0 Å². The van der Waals surface area contributed by atoms with Gasteiger partial charge in [0.25, 0.3) is 6.43 Å². The van der Waals surface area contributed by atoms with Gasteiger partial charge in [0, 0.05) is 18.0 Å². The highest BCUT2D eigenvalue weighted by Crippen LogP contribution is 2.50. The van der Waals surface area contributed by atoms with Crippen molar-refractivity contribution >= 4 is 5.57 Å². The second-order valence-electron chi connectivity index (χ2n) is 6.39. The molecule has 0 N–H and O–H groups in total. The van der Waals surface area contributed by atoms with E-state index in [2.05, 4.69) is 18.5 Å². The molecule has 1 heterocycles. The molecule has 0 bridgehead atoms. The number of nitrogens with zero attached hydrogens (tertiary/aromatic N) is 2. The summed E-state index contributed by atoms with van der Waals surface area (Å²) in [6, 6.07) is 8.41. The first-order valence-corrected chi connectivity index (χ1v) is 7.90. The summed E-state index contributed by atoms with van der Waals surface area (Å²) >= 11 is 0. The fraction of sp³-hybridized carbons (Fsp3) is 0.300. The van der Waals surface area contributed by atoms with Crippen molar-refractivity contribution in [1.29, 1.82) is 5.26 Å². The molecule has 4 heteroatoms. The summed E-state index contributed by atoms with van der Waals surface area (Å²) in [4.78, 5) is 4.19. The van der Waals surface area contributed by atoms with Gasteiger partial charge in [-0.3, -0.25) is 4.98 Å². The summed E-state index contributed by atoms with van der Waals surface area (Å²) < 4.78 is 26.3. The van der Waals surface area contributed by atoms with Crippen LogP contribution in [0, 0.1) is 17.2 Å². The van der Waals surface area contributed by atoms with Crippen LogP contribution in [0.2, 0.25) is 0 Å². The molecule has 0 saturated heterocycles. The van der Waals surface area contributed by atoms with Gasteiger partial charge in [-0.25, -0.2) is 8.78 Å². The van der Waals surface area contributed by atoms with Crippen LogP contribution in [0.5, 0.6) is 0 Å². The molecule has 3 unspecified atom stereocenters. The maximum absolute atomic E-state index is 13.1. The van der Waals surface area contributed by atoms with Crippen molar-refractivity contribution in [1.82, 2.24) is 4.98 Å². The minimum Gasteiger partial charge on any atom is -0.264 e. The molecule has 0 radical (unpaired) electrons. The molecule has 0 spiro atoms. The summed E-state index contributed by atoms with van der Waals surface area (Å²) in [7, 11) is 0. The van der Waals surface area contributed by atoms with E-state index in [0.29, 0.717) is 0 Å². The third kappa shape index (κ3) is 2.60. The van der Waals surface area contributed by atoms with E-state index in [-0.39, 0.29) is 28.9 Å². The zero-order chi connectivity index (χ0) is 17.4. The lowest BCUT2D eigenvalue weighted by molar-refractivity contribution is 0.151. The second kappa shape index (κ2) is 6.16. The normalized spacial score (nSPS) is 20.8. The molecular weight excluding hydrogens is 306 g/mol. The quantitative estimate of drug-likeness (QED) is 0.753. The number of hydrogen-bond acceptors (Lipinski definition) is 2. The monoisotopic (exact) mass is 324 g/mol. The molecule has 24 heavy (non-hydrogen) atoms. The van der Waals surface area contributed by atoms with Gasteiger partial charge in [0.1, 0.15) is 0 Å². The van der Waals surface area contributed by atoms with Crippen LogP contribution in [0.25, 0.3) is 5.57 Å².